The van der Waals surface area contributed by atoms with Crippen molar-refractivity contribution < 1.29 is 13.2 Å². The lowest BCUT2D eigenvalue weighted by Crippen LogP contribution is -2.40. The standard InChI is InChI=1S/C20H23NO3S/c1-15-7-9-17(10-8-15)13-21(18-11-12-25(23,24)14-18)20(22)19-6-4-3-5-16(19)2/h3-10,18H,11-14H2,1-2H3. The van der Waals surface area contributed by atoms with Crippen LogP contribution in [0, 0.1) is 13.8 Å². The Labute approximate surface area is 149 Å². The van der Waals surface area contributed by atoms with Crippen molar-refractivity contribution in [2.24, 2.45) is 0 Å². The molecule has 0 radical (unpaired) electrons. The molecule has 1 atom stereocenters. The van der Waals surface area contributed by atoms with Gasteiger partial charge in [0.1, 0.15) is 0 Å². The lowest BCUT2D eigenvalue weighted by atomic mass is 10.0. The van der Waals surface area contributed by atoms with E-state index in [0.29, 0.717) is 18.5 Å². The molecular weight excluding hydrogens is 334 g/mol. The van der Waals surface area contributed by atoms with E-state index in [1.54, 1.807) is 4.90 Å². The van der Waals surface area contributed by atoms with Crippen LogP contribution in [0.25, 0.3) is 0 Å². The summed E-state index contributed by atoms with van der Waals surface area (Å²) in [6.45, 7) is 4.35. The van der Waals surface area contributed by atoms with Crippen LogP contribution >= 0.6 is 0 Å². The van der Waals surface area contributed by atoms with E-state index >= 15 is 0 Å². The quantitative estimate of drug-likeness (QED) is 0.845. The summed E-state index contributed by atoms with van der Waals surface area (Å²) >= 11 is 0. The molecule has 1 aliphatic rings. The number of aryl methyl sites for hydroxylation is 2. The van der Waals surface area contributed by atoms with Gasteiger partial charge in [-0.25, -0.2) is 8.42 Å². The molecule has 2 aromatic carbocycles. The topological polar surface area (TPSA) is 54.5 Å². The number of amides is 1. The summed E-state index contributed by atoms with van der Waals surface area (Å²) in [7, 11) is -3.06. The summed E-state index contributed by atoms with van der Waals surface area (Å²) in [5, 5.41) is 0. The first-order valence-corrected chi connectivity index (χ1v) is 10.3. The number of rotatable bonds is 4. The van der Waals surface area contributed by atoms with Crippen LogP contribution < -0.4 is 0 Å². The van der Waals surface area contributed by atoms with E-state index in [0.717, 1.165) is 16.7 Å². The molecule has 1 amide bonds. The molecule has 2 aromatic rings. The average Bonchev–Trinajstić information content (AvgIpc) is 2.94. The molecule has 4 nitrogen and oxygen atoms in total. The van der Waals surface area contributed by atoms with E-state index in [4.69, 9.17) is 0 Å². The molecule has 132 valence electrons. The van der Waals surface area contributed by atoms with Crippen molar-refractivity contribution in [3.05, 3.63) is 70.8 Å². The Bertz CT molecular complexity index is 872. The van der Waals surface area contributed by atoms with Crippen LogP contribution in [0.4, 0.5) is 0 Å². The van der Waals surface area contributed by atoms with Gasteiger partial charge in [-0.1, -0.05) is 48.0 Å². The van der Waals surface area contributed by atoms with E-state index in [1.807, 2.05) is 62.4 Å². The molecule has 1 fully saturated rings. The van der Waals surface area contributed by atoms with Crippen LogP contribution in [0.15, 0.2) is 48.5 Å². The van der Waals surface area contributed by atoms with Gasteiger partial charge in [0.25, 0.3) is 5.91 Å². The second-order valence-corrected chi connectivity index (χ2v) is 9.02. The summed E-state index contributed by atoms with van der Waals surface area (Å²) in [4.78, 5) is 14.9. The van der Waals surface area contributed by atoms with E-state index < -0.39 is 9.84 Å². The van der Waals surface area contributed by atoms with Crippen LogP contribution in [0.1, 0.15) is 33.5 Å². The van der Waals surface area contributed by atoms with Gasteiger partial charge in [0.2, 0.25) is 0 Å². The zero-order chi connectivity index (χ0) is 18.0. The van der Waals surface area contributed by atoms with Gasteiger partial charge in [-0.05, 0) is 37.5 Å². The van der Waals surface area contributed by atoms with E-state index in [9.17, 15) is 13.2 Å². The van der Waals surface area contributed by atoms with Gasteiger partial charge in [-0.2, -0.15) is 0 Å². The highest BCUT2D eigenvalue weighted by atomic mass is 32.2. The predicted molar refractivity (Wildman–Crippen MR) is 99.3 cm³/mol. The number of carbonyl (C=O) groups excluding carboxylic acids is 1. The largest absolute Gasteiger partial charge is 0.330 e. The van der Waals surface area contributed by atoms with Crippen molar-refractivity contribution >= 4 is 15.7 Å². The molecule has 0 N–H and O–H groups in total. The number of hydrogen-bond acceptors (Lipinski definition) is 3. The molecule has 5 heteroatoms. The number of benzene rings is 2. The first-order valence-electron chi connectivity index (χ1n) is 8.48. The molecule has 0 aliphatic carbocycles. The molecule has 1 unspecified atom stereocenters. The highest BCUT2D eigenvalue weighted by Gasteiger charge is 2.35. The smallest absolute Gasteiger partial charge is 0.254 e. The van der Waals surface area contributed by atoms with E-state index in [1.165, 1.54) is 0 Å². The van der Waals surface area contributed by atoms with Gasteiger partial charge in [-0.15, -0.1) is 0 Å². The normalized spacial score (nSPS) is 18.9. The average molecular weight is 357 g/mol. The Morgan fingerprint density at radius 1 is 1.08 bits per heavy atom. The van der Waals surface area contributed by atoms with Gasteiger partial charge in [-0.3, -0.25) is 4.79 Å². The van der Waals surface area contributed by atoms with Crippen molar-refractivity contribution in [1.82, 2.24) is 4.90 Å². The molecule has 3 rings (SSSR count). The van der Waals surface area contributed by atoms with Gasteiger partial charge in [0.05, 0.1) is 11.5 Å². The highest BCUT2D eigenvalue weighted by Crippen LogP contribution is 2.23. The van der Waals surface area contributed by atoms with Crippen LogP contribution in [-0.2, 0) is 16.4 Å². The predicted octanol–water partition coefficient (Wildman–Crippen LogP) is 3.13. The van der Waals surface area contributed by atoms with Gasteiger partial charge < -0.3 is 4.90 Å². The maximum absolute atomic E-state index is 13.2. The molecule has 0 saturated carbocycles. The maximum Gasteiger partial charge on any atom is 0.254 e. The third-order valence-electron chi connectivity index (χ3n) is 4.76. The SMILES string of the molecule is Cc1ccc(CN(C(=O)c2ccccc2C)C2CCS(=O)(=O)C2)cc1. The number of carbonyl (C=O) groups is 1. The van der Waals surface area contributed by atoms with Gasteiger partial charge in [0, 0.05) is 18.2 Å². The Morgan fingerprint density at radius 2 is 1.76 bits per heavy atom. The summed E-state index contributed by atoms with van der Waals surface area (Å²) in [5.74, 6) is 0.111. The first-order chi connectivity index (χ1) is 11.9. The zero-order valence-corrected chi connectivity index (χ0v) is 15.4. The molecule has 25 heavy (non-hydrogen) atoms. The van der Waals surface area contributed by atoms with Crippen molar-refractivity contribution in [2.45, 2.75) is 32.9 Å². The number of sulfone groups is 1. The maximum atomic E-state index is 13.2. The number of hydrogen-bond donors (Lipinski definition) is 0. The molecule has 0 spiro atoms. The van der Waals surface area contributed by atoms with Crippen LogP contribution in [-0.4, -0.2) is 36.8 Å². The zero-order valence-electron chi connectivity index (χ0n) is 14.6. The molecular formula is C20H23NO3S. The minimum Gasteiger partial charge on any atom is -0.330 e. The Balaban J connectivity index is 1.92. The number of nitrogens with zero attached hydrogens (tertiary/aromatic N) is 1. The van der Waals surface area contributed by atoms with E-state index in [-0.39, 0.29) is 23.5 Å². The van der Waals surface area contributed by atoms with Crippen molar-refractivity contribution in [1.29, 1.82) is 0 Å². The highest BCUT2D eigenvalue weighted by molar-refractivity contribution is 7.91. The Kier molecular flexibility index (Phi) is 4.95. The summed E-state index contributed by atoms with van der Waals surface area (Å²) in [6, 6.07) is 15.2. The Hall–Kier alpha value is -2.14. The monoisotopic (exact) mass is 357 g/mol. The fourth-order valence-electron chi connectivity index (χ4n) is 3.25. The minimum atomic E-state index is -3.06. The minimum absolute atomic E-state index is 0.0521. The second-order valence-electron chi connectivity index (χ2n) is 6.79. The van der Waals surface area contributed by atoms with E-state index in [2.05, 4.69) is 0 Å². The van der Waals surface area contributed by atoms with Crippen molar-refractivity contribution in [3.63, 3.8) is 0 Å². The van der Waals surface area contributed by atoms with Crippen LogP contribution in [0.5, 0.6) is 0 Å². The molecule has 1 saturated heterocycles. The first kappa shape index (κ1) is 17.7. The fourth-order valence-corrected chi connectivity index (χ4v) is 4.98. The summed E-state index contributed by atoms with van der Waals surface area (Å²) < 4.78 is 23.9. The lowest BCUT2D eigenvalue weighted by molar-refractivity contribution is 0.0680. The molecule has 1 heterocycles. The third kappa shape index (κ3) is 4.10. The lowest BCUT2D eigenvalue weighted by Gasteiger charge is -2.29. The van der Waals surface area contributed by atoms with Gasteiger partial charge in [0.15, 0.2) is 9.84 Å². The summed E-state index contributed by atoms with van der Waals surface area (Å²) in [5.41, 5.74) is 3.71. The Morgan fingerprint density at radius 3 is 2.36 bits per heavy atom. The fraction of sp³-hybridized carbons (Fsp3) is 0.350. The molecule has 0 aromatic heterocycles. The van der Waals surface area contributed by atoms with Gasteiger partial charge >= 0.3 is 0 Å². The third-order valence-corrected chi connectivity index (χ3v) is 6.51. The van der Waals surface area contributed by atoms with Crippen LogP contribution in [0.3, 0.4) is 0 Å². The summed E-state index contributed by atoms with van der Waals surface area (Å²) in [6.07, 6.45) is 0.506. The van der Waals surface area contributed by atoms with Crippen molar-refractivity contribution in [2.75, 3.05) is 11.5 Å². The second kappa shape index (κ2) is 7.00. The molecule has 0 bridgehead atoms. The van der Waals surface area contributed by atoms with Crippen molar-refractivity contribution in [3.8, 4) is 0 Å². The van der Waals surface area contributed by atoms with Crippen LogP contribution in [0.2, 0.25) is 0 Å². The molecule has 1 aliphatic heterocycles.